The third kappa shape index (κ3) is 8.83. The number of carbonyl (C=O) groups excluding carboxylic acids is 3. The van der Waals surface area contributed by atoms with Crippen LogP contribution in [0.4, 0.5) is 0 Å². The average molecular weight is 451 g/mol. The molecule has 11 heteroatoms. The van der Waals surface area contributed by atoms with E-state index in [9.17, 15) is 24.3 Å². The van der Waals surface area contributed by atoms with Crippen molar-refractivity contribution in [3.05, 3.63) is 0 Å². The Bertz CT molecular complexity index is 578. The first-order valence-electron chi connectivity index (χ1n) is 9.65. The number of aliphatic carboxylic acids is 1. The summed E-state index contributed by atoms with van der Waals surface area (Å²) >= 11 is 8.03. The van der Waals surface area contributed by atoms with Crippen LogP contribution in [0.2, 0.25) is 0 Å². The van der Waals surface area contributed by atoms with Gasteiger partial charge in [-0.15, -0.1) is 0 Å². The number of carboxylic acids is 1. The van der Waals surface area contributed by atoms with Crippen LogP contribution < -0.4 is 21.7 Å². The first-order chi connectivity index (χ1) is 13.5. The minimum absolute atomic E-state index is 0.00364. The van der Waals surface area contributed by atoms with Crippen molar-refractivity contribution >= 4 is 48.9 Å². The highest BCUT2D eigenvalue weighted by Gasteiger charge is 2.33. The molecule has 0 radical (unpaired) electrons. The smallest absolute Gasteiger partial charge is 0.326 e. The van der Waals surface area contributed by atoms with Crippen LogP contribution in [0.3, 0.4) is 0 Å². The maximum Gasteiger partial charge on any atom is 0.326 e. The topological polar surface area (TPSA) is 151 Å². The Kier molecular flexibility index (Phi) is 13.0. The summed E-state index contributed by atoms with van der Waals surface area (Å²) in [6.45, 7) is 7.18. The standard InChI is InChI=1S/C18H34N4O5S2/c1-5-9(3)13(17(25)22-14(18(26)27)10(4)6-2)21-16(24)12(8-29)20-15(23)11(19)7-28/h9-14,28-29H,5-8,19H2,1-4H3,(H,20,23)(H,21,24)(H,22,25)(H,26,27). The van der Waals surface area contributed by atoms with Crippen molar-refractivity contribution in [1.82, 2.24) is 16.0 Å². The molecule has 0 fully saturated rings. The third-order valence-electron chi connectivity index (χ3n) is 4.92. The first-order valence-corrected chi connectivity index (χ1v) is 10.9. The van der Waals surface area contributed by atoms with Gasteiger partial charge in [-0.1, -0.05) is 40.5 Å². The Balaban J connectivity index is 5.36. The Morgan fingerprint density at radius 3 is 1.72 bits per heavy atom. The van der Waals surface area contributed by atoms with Gasteiger partial charge in [-0.2, -0.15) is 25.3 Å². The predicted octanol–water partition coefficient (Wildman–Crippen LogP) is -0.195. The number of thiol groups is 2. The molecule has 0 aliphatic carbocycles. The summed E-state index contributed by atoms with van der Waals surface area (Å²) in [7, 11) is 0. The normalized spacial score (nSPS) is 17.2. The molecule has 0 saturated heterocycles. The minimum atomic E-state index is -1.14. The molecule has 3 amide bonds. The molecule has 0 aromatic heterocycles. The van der Waals surface area contributed by atoms with E-state index in [4.69, 9.17) is 5.73 Å². The van der Waals surface area contributed by atoms with E-state index in [2.05, 4.69) is 41.2 Å². The fourth-order valence-electron chi connectivity index (χ4n) is 2.44. The molecule has 6 N–H and O–H groups in total. The van der Waals surface area contributed by atoms with E-state index in [-0.39, 0.29) is 23.3 Å². The fourth-order valence-corrected chi connectivity index (χ4v) is 2.86. The summed E-state index contributed by atoms with van der Waals surface area (Å²) < 4.78 is 0. The van der Waals surface area contributed by atoms with E-state index in [1.54, 1.807) is 13.8 Å². The zero-order valence-electron chi connectivity index (χ0n) is 17.3. The van der Waals surface area contributed by atoms with Crippen LogP contribution in [0.25, 0.3) is 0 Å². The van der Waals surface area contributed by atoms with E-state index in [1.165, 1.54) is 0 Å². The first kappa shape index (κ1) is 27.5. The molecule has 6 unspecified atom stereocenters. The molecular formula is C18H34N4O5S2. The predicted molar refractivity (Wildman–Crippen MR) is 118 cm³/mol. The Labute approximate surface area is 183 Å². The zero-order valence-corrected chi connectivity index (χ0v) is 19.1. The number of carboxylic acid groups (broad SMARTS) is 1. The monoisotopic (exact) mass is 450 g/mol. The Morgan fingerprint density at radius 2 is 1.31 bits per heavy atom. The molecule has 0 aliphatic heterocycles. The summed E-state index contributed by atoms with van der Waals surface area (Å²) in [6.07, 6.45) is 1.14. The van der Waals surface area contributed by atoms with Crippen molar-refractivity contribution in [2.75, 3.05) is 11.5 Å². The quantitative estimate of drug-likeness (QED) is 0.193. The summed E-state index contributed by atoms with van der Waals surface area (Å²) in [5.41, 5.74) is 5.60. The molecule has 168 valence electrons. The molecule has 9 nitrogen and oxygen atoms in total. The number of hydrogen-bond acceptors (Lipinski definition) is 7. The maximum atomic E-state index is 12.8. The Hall–Kier alpha value is -1.46. The molecule has 0 spiro atoms. The third-order valence-corrected chi connectivity index (χ3v) is 5.68. The zero-order chi connectivity index (χ0) is 22.7. The van der Waals surface area contributed by atoms with Gasteiger partial charge in [0.05, 0.1) is 6.04 Å². The number of nitrogens with two attached hydrogens (primary N) is 1. The number of hydrogen-bond donors (Lipinski definition) is 7. The second kappa shape index (κ2) is 13.7. The van der Waals surface area contributed by atoms with E-state index in [0.717, 1.165) is 0 Å². The second-order valence-electron chi connectivity index (χ2n) is 7.11. The molecular weight excluding hydrogens is 416 g/mol. The van der Waals surface area contributed by atoms with Gasteiger partial charge in [0.25, 0.3) is 0 Å². The molecule has 6 atom stereocenters. The summed E-state index contributed by atoms with van der Waals surface area (Å²) in [5, 5.41) is 17.0. The van der Waals surface area contributed by atoms with Gasteiger partial charge in [0, 0.05) is 11.5 Å². The number of amides is 3. The molecule has 0 rings (SSSR count). The largest absolute Gasteiger partial charge is 0.480 e. The Morgan fingerprint density at radius 1 is 0.828 bits per heavy atom. The lowest BCUT2D eigenvalue weighted by atomic mass is 9.95. The van der Waals surface area contributed by atoms with Crippen LogP contribution in [0.5, 0.6) is 0 Å². The number of nitrogens with one attached hydrogen (secondary N) is 3. The lowest BCUT2D eigenvalue weighted by Gasteiger charge is -2.28. The van der Waals surface area contributed by atoms with Gasteiger partial charge in [-0.05, 0) is 11.8 Å². The summed E-state index contributed by atoms with van der Waals surface area (Å²) in [6, 6.07) is -3.91. The molecule has 0 heterocycles. The lowest BCUT2D eigenvalue weighted by Crippen LogP contribution is -2.59. The van der Waals surface area contributed by atoms with Gasteiger partial charge in [0.2, 0.25) is 17.7 Å². The lowest BCUT2D eigenvalue weighted by molar-refractivity contribution is -0.144. The summed E-state index contributed by atoms with van der Waals surface area (Å²) in [5.74, 6) is -3.32. The van der Waals surface area contributed by atoms with Crippen LogP contribution in [-0.2, 0) is 19.2 Å². The van der Waals surface area contributed by atoms with Crippen molar-refractivity contribution in [3.8, 4) is 0 Å². The van der Waals surface area contributed by atoms with Crippen LogP contribution in [0, 0.1) is 11.8 Å². The average Bonchev–Trinajstić information content (AvgIpc) is 2.71. The highest BCUT2D eigenvalue weighted by molar-refractivity contribution is 7.80. The fraction of sp³-hybridized carbons (Fsp3) is 0.778. The van der Waals surface area contributed by atoms with Gasteiger partial charge in [-0.3, -0.25) is 14.4 Å². The van der Waals surface area contributed by atoms with Crippen molar-refractivity contribution in [2.45, 2.75) is 64.7 Å². The van der Waals surface area contributed by atoms with Crippen molar-refractivity contribution in [2.24, 2.45) is 17.6 Å². The molecule has 0 aromatic rings. The molecule has 0 bridgehead atoms. The van der Waals surface area contributed by atoms with Gasteiger partial charge in [0.1, 0.15) is 18.1 Å². The van der Waals surface area contributed by atoms with Gasteiger partial charge in [-0.25, -0.2) is 4.79 Å². The SMILES string of the molecule is CCC(C)C(NC(=O)C(NC(=O)C(CS)NC(=O)C(N)CS)C(C)CC)C(=O)O. The van der Waals surface area contributed by atoms with E-state index in [1.807, 2.05) is 13.8 Å². The van der Waals surface area contributed by atoms with Gasteiger partial charge in [0.15, 0.2) is 0 Å². The van der Waals surface area contributed by atoms with Crippen molar-refractivity contribution in [3.63, 3.8) is 0 Å². The van der Waals surface area contributed by atoms with E-state index >= 15 is 0 Å². The van der Waals surface area contributed by atoms with E-state index < -0.39 is 47.9 Å². The highest BCUT2D eigenvalue weighted by Crippen LogP contribution is 2.12. The second-order valence-corrected chi connectivity index (χ2v) is 7.84. The van der Waals surface area contributed by atoms with Crippen molar-refractivity contribution in [1.29, 1.82) is 0 Å². The number of carbonyl (C=O) groups is 4. The van der Waals surface area contributed by atoms with Crippen LogP contribution in [-0.4, -0.2) is 64.5 Å². The van der Waals surface area contributed by atoms with Gasteiger partial charge >= 0.3 is 5.97 Å². The molecule has 0 aromatic carbocycles. The minimum Gasteiger partial charge on any atom is -0.480 e. The molecule has 0 aliphatic rings. The van der Waals surface area contributed by atoms with Crippen LogP contribution in [0.15, 0.2) is 0 Å². The maximum absolute atomic E-state index is 12.8. The van der Waals surface area contributed by atoms with Crippen molar-refractivity contribution < 1.29 is 24.3 Å². The van der Waals surface area contributed by atoms with Gasteiger partial charge < -0.3 is 26.8 Å². The summed E-state index contributed by atoms with van der Waals surface area (Å²) in [4.78, 5) is 48.9. The highest BCUT2D eigenvalue weighted by atomic mass is 32.1. The van der Waals surface area contributed by atoms with E-state index in [0.29, 0.717) is 12.8 Å². The molecule has 0 saturated carbocycles. The number of rotatable bonds is 13. The van der Waals surface area contributed by atoms with Crippen LogP contribution >= 0.6 is 25.3 Å². The molecule has 29 heavy (non-hydrogen) atoms. The van der Waals surface area contributed by atoms with Crippen LogP contribution in [0.1, 0.15) is 40.5 Å².